The minimum atomic E-state index is -0.398. The first-order chi connectivity index (χ1) is 14.2. The van der Waals surface area contributed by atoms with E-state index in [-0.39, 0.29) is 5.56 Å². The largest absolute Gasteiger partial charge is 0.423 e. The van der Waals surface area contributed by atoms with Gasteiger partial charge in [0.05, 0.1) is 16.6 Å². The van der Waals surface area contributed by atoms with E-state index < -0.39 is 5.63 Å². The standard InChI is InChI=1S/C24H14N2O3/c27-20-13-10-15-19(29-20)12-11-18-22(15)21(14-6-2-1-3-7-14)23-24(28)25-16-8-4-5-9-17(16)26(18)23/h1-13H,(H,25,28). The summed E-state index contributed by atoms with van der Waals surface area (Å²) in [5, 5.41) is 1.69. The van der Waals surface area contributed by atoms with Gasteiger partial charge in [-0.1, -0.05) is 42.5 Å². The molecule has 0 unspecified atom stereocenters. The van der Waals surface area contributed by atoms with Crippen LogP contribution < -0.4 is 11.2 Å². The fourth-order valence-corrected chi connectivity index (χ4v) is 4.24. The number of H-pyrrole nitrogens is 1. The Morgan fingerprint density at radius 1 is 0.759 bits per heavy atom. The van der Waals surface area contributed by atoms with Crippen LogP contribution in [0.25, 0.3) is 49.5 Å². The van der Waals surface area contributed by atoms with Crippen molar-refractivity contribution in [2.75, 3.05) is 0 Å². The third kappa shape index (κ3) is 2.15. The van der Waals surface area contributed by atoms with Crippen molar-refractivity contribution in [2.45, 2.75) is 0 Å². The summed E-state index contributed by atoms with van der Waals surface area (Å²) in [5.41, 5.74) is 4.83. The molecule has 0 amide bonds. The van der Waals surface area contributed by atoms with Gasteiger partial charge in [0.2, 0.25) is 0 Å². The SMILES string of the molecule is O=c1ccc2c(ccc3c2c(-c2ccccc2)c2c(=O)[nH]c4ccccc4n23)o1. The van der Waals surface area contributed by atoms with Gasteiger partial charge in [0, 0.05) is 22.4 Å². The van der Waals surface area contributed by atoms with Gasteiger partial charge in [-0.15, -0.1) is 0 Å². The van der Waals surface area contributed by atoms with Crippen molar-refractivity contribution >= 4 is 38.4 Å². The van der Waals surface area contributed by atoms with Crippen LogP contribution in [0.15, 0.2) is 92.9 Å². The van der Waals surface area contributed by atoms with Crippen molar-refractivity contribution in [3.8, 4) is 11.1 Å². The minimum Gasteiger partial charge on any atom is -0.423 e. The Balaban J connectivity index is 2.00. The maximum absolute atomic E-state index is 13.2. The lowest BCUT2D eigenvalue weighted by molar-refractivity contribution is 0.561. The summed E-state index contributed by atoms with van der Waals surface area (Å²) in [6.45, 7) is 0. The van der Waals surface area contributed by atoms with Crippen molar-refractivity contribution in [1.29, 1.82) is 0 Å². The van der Waals surface area contributed by atoms with Crippen LogP contribution >= 0.6 is 0 Å². The normalized spacial score (nSPS) is 11.7. The molecule has 0 aliphatic heterocycles. The van der Waals surface area contributed by atoms with Gasteiger partial charge >= 0.3 is 5.63 Å². The molecular formula is C24H14N2O3. The number of aromatic amines is 1. The Hall–Kier alpha value is -4.12. The Morgan fingerprint density at radius 3 is 2.41 bits per heavy atom. The summed E-state index contributed by atoms with van der Waals surface area (Å²) in [6, 6.07) is 24.4. The second kappa shape index (κ2) is 5.69. The number of aromatic nitrogens is 2. The highest BCUT2D eigenvalue weighted by Gasteiger charge is 2.20. The Kier molecular flexibility index (Phi) is 3.12. The van der Waals surface area contributed by atoms with Gasteiger partial charge in [-0.25, -0.2) is 4.79 Å². The Bertz CT molecular complexity index is 1690. The van der Waals surface area contributed by atoms with Crippen LogP contribution in [0.2, 0.25) is 0 Å². The van der Waals surface area contributed by atoms with Gasteiger partial charge in [0.1, 0.15) is 11.1 Å². The molecule has 3 aromatic heterocycles. The highest BCUT2D eigenvalue weighted by molar-refractivity contribution is 6.18. The molecule has 0 aliphatic carbocycles. The van der Waals surface area contributed by atoms with E-state index in [0.29, 0.717) is 11.1 Å². The summed E-state index contributed by atoms with van der Waals surface area (Å²) < 4.78 is 7.42. The maximum atomic E-state index is 13.2. The molecule has 6 rings (SSSR count). The van der Waals surface area contributed by atoms with Gasteiger partial charge in [0.25, 0.3) is 5.56 Å². The maximum Gasteiger partial charge on any atom is 0.336 e. The lowest BCUT2D eigenvalue weighted by atomic mass is 10.0. The van der Waals surface area contributed by atoms with Crippen molar-refractivity contribution < 1.29 is 4.42 Å². The van der Waals surface area contributed by atoms with Crippen LogP contribution in [0.4, 0.5) is 0 Å². The van der Waals surface area contributed by atoms with E-state index in [1.165, 1.54) is 6.07 Å². The van der Waals surface area contributed by atoms with Crippen LogP contribution in [-0.2, 0) is 0 Å². The van der Waals surface area contributed by atoms with Crippen molar-refractivity contribution in [3.63, 3.8) is 0 Å². The zero-order valence-electron chi connectivity index (χ0n) is 15.2. The number of benzene rings is 3. The van der Waals surface area contributed by atoms with Crippen LogP contribution in [0.3, 0.4) is 0 Å². The average Bonchev–Trinajstić information content (AvgIpc) is 3.11. The van der Waals surface area contributed by atoms with Gasteiger partial charge in [0.15, 0.2) is 0 Å². The molecule has 0 bridgehead atoms. The number of nitrogens with zero attached hydrogens (tertiary/aromatic N) is 1. The van der Waals surface area contributed by atoms with Crippen molar-refractivity contribution in [2.24, 2.45) is 0 Å². The lowest BCUT2D eigenvalue weighted by Gasteiger charge is -2.04. The van der Waals surface area contributed by atoms with E-state index in [4.69, 9.17) is 4.42 Å². The summed E-state index contributed by atoms with van der Waals surface area (Å²) >= 11 is 0. The van der Waals surface area contributed by atoms with E-state index in [1.807, 2.05) is 65.1 Å². The zero-order valence-corrected chi connectivity index (χ0v) is 15.2. The van der Waals surface area contributed by atoms with Gasteiger partial charge in [-0.3, -0.25) is 4.79 Å². The molecule has 6 aromatic rings. The second-order valence-electron chi connectivity index (χ2n) is 7.02. The molecule has 3 heterocycles. The predicted octanol–water partition coefficient (Wildman–Crippen LogP) is 4.71. The molecule has 0 aliphatic rings. The minimum absolute atomic E-state index is 0.163. The predicted molar refractivity (Wildman–Crippen MR) is 115 cm³/mol. The molecule has 0 fully saturated rings. The van der Waals surface area contributed by atoms with E-state index in [0.717, 1.165) is 38.4 Å². The van der Waals surface area contributed by atoms with Crippen molar-refractivity contribution in [1.82, 2.24) is 9.38 Å². The number of hydrogen-bond acceptors (Lipinski definition) is 3. The monoisotopic (exact) mass is 378 g/mol. The summed E-state index contributed by atoms with van der Waals surface area (Å²) in [6.07, 6.45) is 0. The van der Waals surface area contributed by atoms with Gasteiger partial charge in [-0.2, -0.15) is 0 Å². The number of hydrogen-bond donors (Lipinski definition) is 1. The third-order valence-corrected chi connectivity index (χ3v) is 5.40. The highest BCUT2D eigenvalue weighted by atomic mass is 16.4. The van der Waals surface area contributed by atoms with E-state index in [1.54, 1.807) is 12.1 Å². The number of fused-ring (bicyclic) bond motifs is 7. The van der Waals surface area contributed by atoms with E-state index in [9.17, 15) is 9.59 Å². The first-order valence-corrected chi connectivity index (χ1v) is 9.30. The Morgan fingerprint density at radius 2 is 1.55 bits per heavy atom. The molecule has 1 N–H and O–H groups in total. The summed E-state index contributed by atoms with van der Waals surface area (Å²) in [4.78, 5) is 28.0. The topological polar surface area (TPSA) is 67.5 Å². The quantitative estimate of drug-likeness (QED) is 0.422. The van der Waals surface area contributed by atoms with Gasteiger partial charge in [-0.05, 0) is 35.9 Å². The summed E-state index contributed by atoms with van der Waals surface area (Å²) in [5.74, 6) is 0. The van der Waals surface area contributed by atoms with Crippen molar-refractivity contribution in [3.05, 3.63) is 99.6 Å². The zero-order chi connectivity index (χ0) is 19.5. The van der Waals surface area contributed by atoms with E-state index >= 15 is 0 Å². The average molecular weight is 378 g/mol. The van der Waals surface area contributed by atoms with Crippen LogP contribution in [0.5, 0.6) is 0 Å². The molecular weight excluding hydrogens is 364 g/mol. The fourth-order valence-electron chi connectivity index (χ4n) is 4.24. The van der Waals surface area contributed by atoms with Crippen LogP contribution in [-0.4, -0.2) is 9.38 Å². The number of para-hydroxylation sites is 2. The molecule has 5 heteroatoms. The molecule has 5 nitrogen and oxygen atoms in total. The summed E-state index contributed by atoms with van der Waals surface area (Å²) in [7, 11) is 0. The Labute approximate surface area is 163 Å². The molecule has 0 saturated heterocycles. The lowest BCUT2D eigenvalue weighted by Crippen LogP contribution is -2.10. The smallest absolute Gasteiger partial charge is 0.336 e. The van der Waals surface area contributed by atoms with Crippen LogP contribution in [0.1, 0.15) is 0 Å². The third-order valence-electron chi connectivity index (χ3n) is 5.40. The molecule has 0 saturated carbocycles. The molecule has 0 atom stereocenters. The van der Waals surface area contributed by atoms with Gasteiger partial charge < -0.3 is 13.8 Å². The fraction of sp³-hybridized carbons (Fsp3) is 0. The highest BCUT2D eigenvalue weighted by Crippen LogP contribution is 2.39. The van der Waals surface area contributed by atoms with E-state index in [2.05, 4.69) is 4.98 Å². The molecule has 138 valence electrons. The molecule has 29 heavy (non-hydrogen) atoms. The molecule has 0 spiro atoms. The first-order valence-electron chi connectivity index (χ1n) is 9.30. The van der Waals surface area contributed by atoms with Crippen LogP contribution in [0, 0.1) is 0 Å². The second-order valence-corrected chi connectivity index (χ2v) is 7.02. The molecule has 0 radical (unpaired) electrons. The first kappa shape index (κ1) is 15.9. The number of nitrogens with one attached hydrogen (secondary N) is 1. The molecule has 3 aromatic carbocycles. The number of rotatable bonds is 1.